The van der Waals surface area contributed by atoms with Crippen molar-refractivity contribution in [3.8, 4) is 0 Å². The lowest BCUT2D eigenvalue weighted by molar-refractivity contribution is -0.142. The van der Waals surface area contributed by atoms with Gasteiger partial charge in [0, 0.05) is 19.1 Å². The number of hydrogen-bond donors (Lipinski definition) is 3. The number of aliphatic carboxylic acids is 1. The quantitative estimate of drug-likeness (QED) is 0.645. The second kappa shape index (κ2) is 7.47. The molecule has 1 aliphatic heterocycles. The zero-order chi connectivity index (χ0) is 15.2. The first-order valence-electron chi connectivity index (χ1n) is 7.36. The molecular weight excluding hydrogens is 258 g/mol. The van der Waals surface area contributed by atoms with E-state index in [0.717, 1.165) is 19.5 Å². The molecule has 1 saturated heterocycles. The summed E-state index contributed by atoms with van der Waals surface area (Å²) < 4.78 is 0. The first kappa shape index (κ1) is 16.8. The first-order chi connectivity index (χ1) is 9.33. The lowest BCUT2D eigenvalue weighted by Gasteiger charge is -2.33. The van der Waals surface area contributed by atoms with Crippen LogP contribution in [0.1, 0.15) is 46.5 Å². The molecule has 1 rings (SSSR count). The van der Waals surface area contributed by atoms with Gasteiger partial charge in [0.05, 0.1) is 0 Å². The van der Waals surface area contributed by atoms with Gasteiger partial charge in [-0.15, -0.1) is 0 Å². The number of likely N-dealkylation sites (tertiary alicyclic amines) is 1. The van der Waals surface area contributed by atoms with E-state index in [-0.39, 0.29) is 0 Å². The molecule has 1 unspecified atom stereocenters. The van der Waals surface area contributed by atoms with Crippen molar-refractivity contribution in [2.45, 2.75) is 58.0 Å². The number of amides is 2. The third-order valence-corrected chi connectivity index (χ3v) is 3.81. The highest BCUT2D eigenvalue weighted by Crippen LogP contribution is 2.15. The Morgan fingerprint density at radius 2 is 2.05 bits per heavy atom. The maximum Gasteiger partial charge on any atom is 0.328 e. The molecule has 116 valence electrons. The van der Waals surface area contributed by atoms with Gasteiger partial charge in [-0.25, -0.2) is 9.59 Å². The monoisotopic (exact) mass is 285 g/mol. The Kier molecular flexibility index (Phi) is 6.26. The third-order valence-electron chi connectivity index (χ3n) is 3.81. The lowest BCUT2D eigenvalue weighted by atomic mass is 10.0. The van der Waals surface area contributed by atoms with Crippen molar-refractivity contribution in [3.05, 3.63) is 0 Å². The number of nitrogens with zero attached hydrogens (tertiary/aromatic N) is 1. The molecular formula is C14H27N3O3. The van der Waals surface area contributed by atoms with Crippen LogP contribution in [0.2, 0.25) is 0 Å². The molecule has 3 N–H and O–H groups in total. The third kappa shape index (κ3) is 5.36. The van der Waals surface area contributed by atoms with Gasteiger partial charge in [-0.3, -0.25) is 0 Å². The zero-order valence-corrected chi connectivity index (χ0v) is 12.7. The highest BCUT2D eigenvalue weighted by molar-refractivity contribution is 5.85. The average molecular weight is 285 g/mol. The highest BCUT2D eigenvalue weighted by atomic mass is 16.4. The average Bonchev–Trinajstić information content (AvgIpc) is 2.35. The van der Waals surface area contributed by atoms with Gasteiger partial charge in [0.1, 0.15) is 5.54 Å². The summed E-state index contributed by atoms with van der Waals surface area (Å²) in [6.45, 7) is 7.84. The molecule has 2 amide bonds. The van der Waals surface area contributed by atoms with Crippen molar-refractivity contribution < 1.29 is 14.7 Å². The van der Waals surface area contributed by atoms with E-state index in [1.165, 1.54) is 33.1 Å². The normalized spacial score (nSPS) is 20.4. The summed E-state index contributed by atoms with van der Waals surface area (Å²) in [5, 5.41) is 14.1. The van der Waals surface area contributed by atoms with Crippen LogP contribution in [0.4, 0.5) is 4.79 Å². The van der Waals surface area contributed by atoms with Crippen LogP contribution in [0.15, 0.2) is 0 Å². The minimum atomic E-state index is -1.24. The summed E-state index contributed by atoms with van der Waals surface area (Å²) in [6.07, 6.45) is 4.69. The predicted molar refractivity (Wildman–Crippen MR) is 77.8 cm³/mol. The topological polar surface area (TPSA) is 81.7 Å². The molecule has 0 aromatic rings. The molecule has 0 radical (unpaired) electrons. The van der Waals surface area contributed by atoms with E-state index in [0.29, 0.717) is 12.6 Å². The van der Waals surface area contributed by atoms with Crippen LogP contribution in [-0.2, 0) is 4.79 Å². The number of urea groups is 1. The van der Waals surface area contributed by atoms with Gasteiger partial charge in [-0.2, -0.15) is 0 Å². The Morgan fingerprint density at radius 1 is 1.35 bits per heavy atom. The van der Waals surface area contributed by atoms with Crippen molar-refractivity contribution >= 4 is 12.0 Å². The van der Waals surface area contributed by atoms with E-state index in [2.05, 4.69) is 22.5 Å². The predicted octanol–water partition coefficient (Wildman–Crippen LogP) is 1.41. The maximum absolute atomic E-state index is 11.6. The van der Waals surface area contributed by atoms with Crippen molar-refractivity contribution in [1.29, 1.82) is 0 Å². The molecule has 1 fully saturated rings. The van der Waals surface area contributed by atoms with Crippen LogP contribution >= 0.6 is 0 Å². The summed E-state index contributed by atoms with van der Waals surface area (Å²) in [5.74, 6) is -1.05. The number of hydrogen-bond acceptors (Lipinski definition) is 3. The van der Waals surface area contributed by atoms with E-state index < -0.39 is 17.5 Å². The van der Waals surface area contributed by atoms with Gasteiger partial charge in [0.2, 0.25) is 0 Å². The number of carboxylic acid groups (broad SMARTS) is 1. The number of nitrogens with one attached hydrogen (secondary N) is 2. The number of carbonyl (C=O) groups excluding carboxylic acids is 1. The molecule has 20 heavy (non-hydrogen) atoms. The molecule has 1 heterocycles. The maximum atomic E-state index is 11.6. The molecule has 6 heteroatoms. The fraction of sp³-hybridized carbons (Fsp3) is 0.857. The summed E-state index contributed by atoms with van der Waals surface area (Å²) in [6, 6.07) is 0.201. The smallest absolute Gasteiger partial charge is 0.328 e. The molecule has 0 aliphatic carbocycles. The van der Waals surface area contributed by atoms with E-state index in [1.54, 1.807) is 0 Å². The first-order valence-corrected chi connectivity index (χ1v) is 7.36. The van der Waals surface area contributed by atoms with Gasteiger partial charge in [0.15, 0.2) is 0 Å². The number of rotatable bonds is 6. The van der Waals surface area contributed by atoms with E-state index in [1.807, 2.05) is 0 Å². The second-order valence-corrected chi connectivity index (χ2v) is 6.05. The van der Waals surface area contributed by atoms with Crippen LogP contribution in [0.5, 0.6) is 0 Å². The molecule has 1 aliphatic rings. The van der Waals surface area contributed by atoms with Gasteiger partial charge in [0.25, 0.3) is 0 Å². The summed E-state index contributed by atoms with van der Waals surface area (Å²) in [5.41, 5.74) is -1.24. The number of piperidine rings is 1. The fourth-order valence-corrected chi connectivity index (χ4v) is 2.36. The minimum Gasteiger partial charge on any atom is -0.480 e. The van der Waals surface area contributed by atoms with Crippen LogP contribution in [0, 0.1) is 0 Å². The van der Waals surface area contributed by atoms with Gasteiger partial charge < -0.3 is 20.6 Å². The zero-order valence-electron chi connectivity index (χ0n) is 12.7. The number of carbonyl (C=O) groups is 2. The lowest BCUT2D eigenvalue weighted by Crippen LogP contribution is -2.53. The standard InChI is InChI=1S/C14H27N3O3/c1-11-7-4-5-9-17(11)10-6-8-15-13(20)16-14(2,3)12(18)19/h11H,4-10H2,1-3H3,(H,18,19)(H2,15,16,20). The Labute approximate surface area is 120 Å². The molecule has 0 bridgehead atoms. The van der Waals surface area contributed by atoms with E-state index in [4.69, 9.17) is 5.11 Å². The van der Waals surface area contributed by atoms with Crippen LogP contribution in [-0.4, -0.2) is 53.2 Å². The Bertz CT molecular complexity index is 345. The molecule has 0 aromatic carbocycles. The summed E-state index contributed by atoms with van der Waals surface area (Å²) >= 11 is 0. The molecule has 0 aromatic heterocycles. The van der Waals surface area contributed by atoms with Crippen molar-refractivity contribution in [2.24, 2.45) is 0 Å². The molecule has 0 saturated carbocycles. The fourth-order valence-electron chi connectivity index (χ4n) is 2.36. The van der Waals surface area contributed by atoms with Crippen LogP contribution in [0.25, 0.3) is 0 Å². The van der Waals surface area contributed by atoms with Crippen molar-refractivity contribution in [1.82, 2.24) is 15.5 Å². The molecule has 6 nitrogen and oxygen atoms in total. The summed E-state index contributed by atoms with van der Waals surface area (Å²) in [4.78, 5) is 24.9. The highest BCUT2D eigenvalue weighted by Gasteiger charge is 2.28. The van der Waals surface area contributed by atoms with Gasteiger partial charge in [-0.1, -0.05) is 6.42 Å². The van der Waals surface area contributed by atoms with Crippen LogP contribution < -0.4 is 10.6 Å². The Balaban J connectivity index is 2.17. The second-order valence-electron chi connectivity index (χ2n) is 6.05. The van der Waals surface area contributed by atoms with Crippen molar-refractivity contribution in [2.75, 3.05) is 19.6 Å². The van der Waals surface area contributed by atoms with Gasteiger partial charge in [-0.05, 0) is 46.6 Å². The largest absolute Gasteiger partial charge is 0.480 e. The number of carboxylic acids is 1. The Hall–Kier alpha value is -1.30. The SMILES string of the molecule is CC1CCCCN1CCCNC(=O)NC(C)(C)C(=O)O. The molecule has 0 spiro atoms. The Morgan fingerprint density at radius 3 is 2.65 bits per heavy atom. The summed E-state index contributed by atoms with van der Waals surface area (Å²) in [7, 11) is 0. The molecule has 1 atom stereocenters. The van der Waals surface area contributed by atoms with E-state index in [9.17, 15) is 9.59 Å². The van der Waals surface area contributed by atoms with E-state index >= 15 is 0 Å². The van der Waals surface area contributed by atoms with Gasteiger partial charge >= 0.3 is 12.0 Å². The minimum absolute atomic E-state index is 0.427. The van der Waals surface area contributed by atoms with Crippen LogP contribution in [0.3, 0.4) is 0 Å². The van der Waals surface area contributed by atoms with Crippen molar-refractivity contribution in [3.63, 3.8) is 0 Å².